The van der Waals surface area contributed by atoms with E-state index in [1.807, 2.05) is 72.2 Å². The van der Waals surface area contributed by atoms with Gasteiger partial charge < -0.3 is 0 Å². The van der Waals surface area contributed by atoms with Crippen LogP contribution in [0.4, 0.5) is 0 Å². The summed E-state index contributed by atoms with van der Waals surface area (Å²) in [5.41, 5.74) is 4.41. The summed E-state index contributed by atoms with van der Waals surface area (Å²) in [5.74, 6) is 0.783. The fourth-order valence-corrected chi connectivity index (χ4v) is 2.98. The third-order valence-electron chi connectivity index (χ3n) is 3.34. The van der Waals surface area contributed by atoms with Gasteiger partial charge in [0.2, 0.25) is 0 Å². The van der Waals surface area contributed by atoms with E-state index in [-0.39, 0.29) is 11.7 Å². The molecule has 0 saturated heterocycles. The van der Waals surface area contributed by atoms with Crippen molar-refractivity contribution in [2.45, 2.75) is 12.1 Å². The molecule has 0 aliphatic carbocycles. The Labute approximate surface area is 150 Å². The molecule has 0 radical (unpaired) electrons. The van der Waals surface area contributed by atoms with Gasteiger partial charge in [-0.05, 0) is 24.6 Å². The van der Waals surface area contributed by atoms with E-state index in [1.54, 1.807) is 6.21 Å². The molecule has 0 spiro atoms. The summed E-state index contributed by atoms with van der Waals surface area (Å²) in [6.45, 7) is 1.88. The Kier molecular flexibility index (Phi) is 5.58. The van der Waals surface area contributed by atoms with Gasteiger partial charge in [0.25, 0.3) is 5.91 Å². The van der Waals surface area contributed by atoms with Crippen molar-refractivity contribution in [3.63, 3.8) is 0 Å². The van der Waals surface area contributed by atoms with Gasteiger partial charge in [-0.25, -0.2) is 5.43 Å². The average Bonchev–Trinajstić information content (AvgIpc) is 3.02. The molecule has 6 nitrogen and oxygen atoms in total. The molecule has 2 aromatic carbocycles. The van der Waals surface area contributed by atoms with Crippen molar-refractivity contribution in [3.8, 4) is 5.69 Å². The molecule has 0 unspecified atom stereocenters. The van der Waals surface area contributed by atoms with Crippen LogP contribution >= 0.6 is 11.8 Å². The highest BCUT2D eigenvalue weighted by atomic mass is 32.2. The van der Waals surface area contributed by atoms with Crippen molar-refractivity contribution < 1.29 is 4.79 Å². The zero-order valence-corrected chi connectivity index (χ0v) is 14.5. The molecule has 0 aliphatic rings. The van der Waals surface area contributed by atoms with Gasteiger partial charge in [-0.3, -0.25) is 9.36 Å². The van der Waals surface area contributed by atoms with Crippen LogP contribution in [-0.2, 0) is 4.79 Å². The standard InChI is InChI=1S/C18H17N5OS/c1-14-20-22-18(23(14)16-10-6-3-7-11-16)25-13-17(24)21-19-12-15-8-4-2-5-9-15/h2-12H,13H2,1H3,(H,21,24). The Hall–Kier alpha value is -2.93. The molecule has 1 aromatic heterocycles. The predicted molar refractivity (Wildman–Crippen MR) is 99.0 cm³/mol. The number of nitrogens with one attached hydrogen (secondary N) is 1. The number of amides is 1. The minimum absolute atomic E-state index is 0.197. The third-order valence-corrected chi connectivity index (χ3v) is 4.27. The van der Waals surface area contributed by atoms with Gasteiger partial charge in [0, 0.05) is 5.69 Å². The highest BCUT2D eigenvalue weighted by Gasteiger charge is 2.12. The molecule has 0 aliphatic heterocycles. The first-order valence-electron chi connectivity index (χ1n) is 7.71. The fourth-order valence-electron chi connectivity index (χ4n) is 2.19. The lowest BCUT2D eigenvalue weighted by atomic mass is 10.2. The lowest BCUT2D eigenvalue weighted by Crippen LogP contribution is -2.20. The molecule has 0 bridgehead atoms. The number of hydrogen-bond donors (Lipinski definition) is 1. The van der Waals surface area contributed by atoms with Crippen molar-refractivity contribution in [2.24, 2.45) is 5.10 Å². The number of rotatable bonds is 6. The summed E-state index contributed by atoms with van der Waals surface area (Å²) in [5, 5.41) is 12.9. The maximum atomic E-state index is 12.0. The van der Waals surface area contributed by atoms with Gasteiger partial charge in [-0.2, -0.15) is 5.10 Å². The van der Waals surface area contributed by atoms with Crippen molar-refractivity contribution in [2.75, 3.05) is 5.75 Å². The fraction of sp³-hybridized carbons (Fsp3) is 0.111. The van der Waals surface area contributed by atoms with Crippen LogP contribution in [-0.4, -0.2) is 32.6 Å². The Morgan fingerprint density at radius 2 is 1.80 bits per heavy atom. The number of nitrogens with zero attached hydrogens (tertiary/aromatic N) is 4. The Bertz CT molecular complexity index is 862. The molecular formula is C18H17N5OS. The molecule has 0 saturated carbocycles. The van der Waals surface area contributed by atoms with Crippen LogP contribution in [0.15, 0.2) is 70.9 Å². The second-order valence-electron chi connectivity index (χ2n) is 5.19. The molecule has 3 aromatic rings. The molecule has 126 valence electrons. The van der Waals surface area contributed by atoms with E-state index in [9.17, 15) is 4.79 Å². The zero-order valence-electron chi connectivity index (χ0n) is 13.7. The Morgan fingerprint density at radius 3 is 2.52 bits per heavy atom. The maximum absolute atomic E-state index is 12.0. The Balaban J connectivity index is 1.59. The van der Waals surface area contributed by atoms with Crippen molar-refractivity contribution in [3.05, 3.63) is 72.1 Å². The van der Waals surface area contributed by atoms with E-state index in [2.05, 4.69) is 20.7 Å². The highest BCUT2D eigenvalue weighted by molar-refractivity contribution is 7.99. The van der Waals surface area contributed by atoms with E-state index in [1.165, 1.54) is 11.8 Å². The molecule has 25 heavy (non-hydrogen) atoms. The number of para-hydroxylation sites is 1. The zero-order chi connectivity index (χ0) is 17.5. The van der Waals surface area contributed by atoms with Crippen molar-refractivity contribution >= 4 is 23.9 Å². The largest absolute Gasteiger partial charge is 0.274 e. The number of benzene rings is 2. The van der Waals surface area contributed by atoms with Crippen LogP contribution < -0.4 is 5.43 Å². The van der Waals surface area contributed by atoms with Gasteiger partial charge in [-0.1, -0.05) is 60.3 Å². The van der Waals surface area contributed by atoms with Crippen LogP contribution in [0, 0.1) is 6.92 Å². The summed E-state index contributed by atoms with van der Waals surface area (Å²) >= 11 is 1.32. The number of carbonyl (C=O) groups is 1. The summed E-state index contributed by atoms with van der Waals surface area (Å²) < 4.78 is 1.92. The van der Waals surface area contributed by atoms with Crippen LogP contribution in [0.1, 0.15) is 11.4 Å². The topological polar surface area (TPSA) is 72.2 Å². The molecule has 0 fully saturated rings. The van der Waals surface area contributed by atoms with Crippen molar-refractivity contribution in [1.82, 2.24) is 20.2 Å². The molecule has 1 N–H and O–H groups in total. The molecule has 3 rings (SSSR count). The molecule has 0 atom stereocenters. The SMILES string of the molecule is Cc1nnc(SCC(=O)NN=Cc2ccccc2)n1-c1ccccc1. The molecule has 1 heterocycles. The summed E-state index contributed by atoms with van der Waals surface area (Å²) in [6.07, 6.45) is 1.61. The van der Waals surface area contributed by atoms with E-state index in [0.29, 0.717) is 5.16 Å². The predicted octanol–water partition coefficient (Wildman–Crippen LogP) is 2.82. The number of carbonyl (C=O) groups excluding carboxylic acids is 1. The van der Waals surface area contributed by atoms with Crippen LogP contribution in [0.25, 0.3) is 5.69 Å². The van der Waals surface area contributed by atoms with Gasteiger partial charge in [0.05, 0.1) is 12.0 Å². The number of thioether (sulfide) groups is 1. The number of hydrazone groups is 1. The van der Waals surface area contributed by atoms with E-state index in [4.69, 9.17) is 0 Å². The lowest BCUT2D eigenvalue weighted by molar-refractivity contribution is -0.118. The molecular weight excluding hydrogens is 334 g/mol. The van der Waals surface area contributed by atoms with Crippen LogP contribution in [0.5, 0.6) is 0 Å². The van der Waals surface area contributed by atoms with Crippen molar-refractivity contribution in [1.29, 1.82) is 0 Å². The van der Waals surface area contributed by atoms with E-state index < -0.39 is 0 Å². The minimum atomic E-state index is -0.197. The quantitative estimate of drug-likeness (QED) is 0.421. The van der Waals surface area contributed by atoms with E-state index >= 15 is 0 Å². The number of hydrogen-bond acceptors (Lipinski definition) is 5. The van der Waals surface area contributed by atoms with Crippen LogP contribution in [0.3, 0.4) is 0 Å². The smallest absolute Gasteiger partial charge is 0.250 e. The maximum Gasteiger partial charge on any atom is 0.250 e. The normalized spacial score (nSPS) is 10.9. The van der Waals surface area contributed by atoms with Gasteiger partial charge in [-0.15, -0.1) is 10.2 Å². The van der Waals surface area contributed by atoms with Gasteiger partial charge in [0.1, 0.15) is 5.82 Å². The summed E-state index contributed by atoms with van der Waals surface area (Å²) in [7, 11) is 0. The van der Waals surface area contributed by atoms with Gasteiger partial charge >= 0.3 is 0 Å². The first-order valence-corrected chi connectivity index (χ1v) is 8.70. The first kappa shape index (κ1) is 16.9. The second-order valence-corrected chi connectivity index (χ2v) is 6.14. The second kappa shape index (κ2) is 8.25. The highest BCUT2D eigenvalue weighted by Crippen LogP contribution is 2.21. The molecule has 1 amide bonds. The summed E-state index contributed by atoms with van der Waals surface area (Å²) in [4.78, 5) is 12.0. The average molecular weight is 351 g/mol. The number of aryl methyl sites for hydroxylation is 1. The van der Waals surface area contributed by atoms with E-state index in [0.717, 1.165) is 17.1 Å². The van der Waals surface area contributed by atoms with Gasteiger partial charge in [0.15, 0.2) is 5.16 Å². The monoisotopic (exact) mass is 351 g/mol. The first-order chi connectivity index (χ1) is 12.2. The Morgan fingerprint density at radius 1 is 1.12 bits per heavy atom. The minimum Gasteiger partial charge on any atom is -0.274 e. The number of aromatic nitrogens is 3. The van der Waals surface area contributed by atoms with Crippen LogP contribution in [0.2, 0.25) is 0 Å². The molecule has 7 heteroatoms. The summed E-state index contributed by atoms with van der Waals surface area (Å²) in [6, 6.07) is 19.4. The lowest BCUT2D eigenvalue weighted by Gasteiger charge is -2.07. The third kappa shape index (κ3) is 4.54.